The van der Waals surface area contributed by atoms with Crippen molar-refractivity contribution in [2.75, 3.05) is 5.32 Å². The lowest BCUT2D eigenvalue weighted by Crippen LogP contribution is -2.12. The van der Waals surface area contributed by atoms with Gasteiger partial charge in [0, 0.05) is 18.6 Å². The monoisotopic (exact) mass is 266 g/mol. The van der Waals surface area contributed by atoms with E-state index in [0.717, 1.165) is 18.2 Å². The van der Waals surface area contributed by atoms with E-state index in [9.17, 15) is 19.3 Å². The van der Waals surface area contributed by atoms with Crippen LogP contribution in [0, 0.1) is 22.9 Å². The van der Waals surface area contributed by atoms with Gasteiger partial charge >= 0.3 is 11.7 Å². The van der Waals surface area contributed by atoms with Gasteiger partial charge in [-0.1, -0.05) is 5.10 Å². The molecule has 1 aromatic heterocycles. The Hall–Kier alpha value is -2.84. The van der Waals surface area contributed by atoms with E-state index in [2.05, 4.69) is 15.5 Å². The molecule has 1 N–H and O–H groups in total. The molecule has 98 valence electrons. The van der Waals surface area contributed by atoms with Crippen LogP contribution in [0.3, 0.4) is 0 Å². The Kier molecular flexibility index (Phi) is 3.19. The predicted octanol–water partition coefficient (Wildman–Crippen LogP) is 1.68. The minimum absolute atomic E-state index is 0.0936. The lowest BCUT2D eigenvalue weighted by atomic mass is 10.2. The van der Waals surface area contributed by atoms with E-state index >= 15 is 0 Å². The van der Waals surface area contributed by atoms with E-state index < -0.39 is 22.3 Å². The normalized spacial score (nSPS) is 10.2. The maximum atomic E-state index is 13.1. The Morgan fingerprint density at radius 2 is 2.21 bits per heavy atom. The first-order valence-electron chi connectivity index (χ1n) is 5.03. The summed E-state index contributed by atoms with van der Waals surface area (Å²) in [6.45, 7) is 1.53. The first kappa shape index (κ1) is 12.6. The van der Waals surface area contributed by atoms with Gasteiger partial charge in [-0.3, -0.25) is 20.2 Å². The maximum absolute atomic E-state index is 13.1. The quantitative estimate of drug-likeness (QED) is 0.668. The molecule has 1 heterocycles. The van der Waals surface area contributed by atoms with Crippen LogP contribution in [-0.2, 0) is 0 Å². The molecule has 0 bridgehead atoms. The topological polar surface area (TPSA) is 111 Å². The molecule has 0 saturated carbocycles. The number of rotatable bonds is 3. The van der Waals surface area contributed by atoms with Gasteiger partial charge in [0.15, 0.2) is 0 Å². The molecule has 9 heteroatoms. The third-order valence-corrected chi connectivity index (χ3v) is 2.15. The van der Waals surface area contributed by atoms with Gasteiger partial charge in [0.25, 0.3) is 5.91 Å². The summed E-state index contributed by atoms with van der Waals surface area (Å²) in [6, 6.07) is 2.63. The maximum Gasteiger partial charge on any atom is 0.322 e. The fourth-order valence-corrected chi connectivity index (χ4v) is 1.31. The summed E-state index contributed by atoms with van der Waals surface area (Å²) in [5.41, 5.74) is -0.877. The van der Waals surface area contributed by atoms with E-state index in [0.29, 0.717) is 0 Å². The molecule has 0 aliphatic heterocycles. The number of aryl methyl sites for hydroxylation is 1. The molecule has 0 saturated heterocycles. The molecule has 0 aliphatic carbocycles. The molecule has 0 spiro atoms. The van der Waals surface area contributed by atoms with Crippen molar-refractivity contribution in [3.8, 4) is 0 Å². The molecule has 0 aliphatic rings. The molecule has 19 heavy (non-hydrogen) atoms. The van der Waals surface area contributed by atoms with Crippen LogP contribution < -0.4 is 5.32 Å². The van der Waals surface area contributed by atoms with Gasteiger partial charge in [0.1, 0.15) is 0 Å². The number of nitro benzene ring substituents is 1. The average Bonchev–Trinajstić information content (AvgIpc) is 2.74. The third kappa shape index (κ3) is 2.70. The molecular weight excluding hydrogens is 259 g/mol. The van der Waals surface area contributed by atoms with Gasteiger partial charge < -0.3 is 4.42 Å². The van der Waals surface area contributed by atoms with Crippen molar-refractivity contribution in [3.63, 3.8) is 0 Å². The van der Waals surface area contributed by atoms with Crippen LogP contribution in [0.5, 0.6) is 0 Å². The molecule has 2 rings (SSSR count). The average molecular weight is 266 g/mol. The van der Waals surface area contributed by atoms with Crippen LogP contribution in [0.1, 0.15) is 16.2 Å². The number of benzene rings is 1. The van der Waals surface area contributed by atoms with E-state index in [4.69, 9.17) is 4.42 Å². The summed E-state index contributed by atoms with van der Waals surface area (Å²) in [5.74, 6) is -1.48. The van der Waals surface area contributed by atoms with Gasteiger partial charge in [-0.25, -0.2) is 0 Å². The number of aromatic nitrogens is 2. The highest BCUT2D eigenvalue weighted by Crippen LogP contribution is 2.19. The smallest absolute Gasteiger partial charge is 0.322 e. The fourth-order valence-electron chi connectivity index (χ4n) is 1.31. The zero-order valence-corrected chi connectivity index (χ0v) is 9.58. The number of nitrogens with one attached hydrogen (secondary N) is 1. The van der Waals surface area contributed by atoms with Crippen LogP contribution in [-0.4, -0.2) is 21.0 Å². The Bertz CT molecular complexity index is 655. The van der Waals surface area contributed by atoms with Crippen LogP contribution in [0.4, 0.5) is 16.1 Å². The summed E-state index contributed by atoms with van der Waals surface area (Å²) < 4.78 is 18.0. The summed E-state index contributed by atoms with van der Waals surface area (Å²) >= 11 is 0. The van der Waals surface area contributed by atoms with E-state index in [-0.39, 0.29) is 17.5 Å². The first-order chi connectivity index (χ1) is 8.97. The Morgan fingerprint density at radius 1 is 1.47 bits per heavy atom. The van der Waals surface area contributed by atoms with Crippen molar-refractivity contribution in [2.45, 2.75) is 6.92 Å². The largest absolute Gasteiger partial charge is 0.408 e. The van der Waals surface area contributed by atoms with Crippen molar-refractivity contribution in [1.29, 1.82) is 0 Å². The minimum Gasteiger partial charge on any atom is -0.408 e. The number of carbonyl (C=O) groups excluding carboxylic acids is 1. The van der Waals surface area contributed by atoms with Crippen molar-refractivity contribution >= 4 is 17.6 Å². The number of nitro groups is 1. The molecule has 8 nitrogen and oxygen atoms in total. The van der Waals surface area contributed by atoms with E-state index in [1.165, 1.54) is 6.92 Å². The van der Waals surface area contributed by atoms with Crippen LogP contribution in [0.2, 0.25) is 0 Å². The second-order valence-corrected chi connectivity index (χ2v) is 3.50. The Morgan fingerprint density at radius 3 is 2.79 bits per heavy atom. The molecule has 0 fully saturated rings. The molecule has 1 amide bonds. The standard InChI is InChI=1S/C10H7FN4O4/c1-5-13-14-10(19-5)12-9(16)6-2-3-7(11)8(4-6)15(17)18/h2-4H,1H3,(H,12,14,16). The fraction of sp³-hybridized carbons (Fsp3) is 0.100. The second-order valence-electron chi connectivity index (χ2n) is 3.50. The van der Waals surface area contributed by atoms with Gasteiger partial charge in [-0.05, 0) is 12.1 Å². The zero-order chi connectivity index (χ0) is 14.0. The van der Waals surface area contributed by atoms with Crippen LogP contribution in [0.25, 0.3) is 0 Å². The summed E-state index contributed by atoms with van der Waals surface area (Å²) in [7, 11) is 0. The predicted molar refractivity (Wildman–Crippen MR) is 60.0 cm³/mol. The summed E-state index contributed by atoms with van der Waals surface area (Å²) in [4.78, 5) is 21.4. The van der Waals surface area contributed by atoms with Crippen LogP contribution in [0.15, 0.2) is 22.6 Å². The van der Waals surface area contributed by atoms with Crippen molar-refractivity contribution in [2.24, 2.45) is 0 Å². The number of carbonyl (C=O) groups is 1. The molecule has 0 atom stereocenters. The molecular formula is C10H7FN4O4. The number of nitrogens with zero attached hydrogens (tertiary/aromatic N) is 3. The molecule has 0 radical (unpaired) electrons. The highest BCUT2D eigenvalue weighted by atomic mass is 19.1. The molecule has 2 aromatic rings. The summed E-state index contributed by atoms with van der Waals surface area (Å²) in [6.07, 6.45) is 0. The SMILES string of the molecule is Cc1nnc(NC(=O)c2ccc(F)c([N+](=O)[O-])c2)o1. The minimum atomic E-state index is -1.02. The number of amides is 1. The number of hydrogen-bond donors (Lipinski definition) is 1. The second kappa shape index (κ2) is 4.80. The number of anilines is 1. The van der Waals surface area contributed by atoms with Crippen LogP contribution >= 0.6 is 0 Å². The summed E-state index contributed by atoms with van der Waals surface area (Å²) in [5, 5.41) is 19.8. The van der Waals surface area contributed by atoms with Crippen molar-refractivity contribution in [1.82, 2.24) is 10.2 Å². The Labute approximate surface area is 105 Å². The number of halogens is 1. The number of hydrogen-bond acceptors (Lipinski definition) is 6. The van der Waals surface area contributed by atoms with E-state index in [1.807, 2.05) is 0 Å². The molecule has 0 unspecified atom stereocenters. The lowest BCUT2D eigenvalue weighted by molar-refractivity contribution is -0.387. The molecule has 1 aromatic carbocycles. The van der Waals surface area contributed by atoms with Gasteiger partial charge in [-0.2, -0.15) is 4.39 Å². The van der Waals surface area contributed by atoms with Crippen molar-refractivity contribution < 1.29 is 18.5 Å². The first-order valence-corrected chi connectivity index (χ1v) is 5.03. The van der Waals surface area contributed by atoms with Gasteiger partial charge in [-0.15, -0.1) is 5.10 Å². The highest BCUT2D eigenvalue weighted by Gasteiger charge is 2.18. The van der Waals surface area contributed by atoms with Crippen molar-refractivity contribution in [3.05, 3.63) is 45.6 Å². The Balaban J connectivity index is 2.24. The zero-order valence-electron chi connectivity index (χ0n) is 9.58. The van der Waals surface area contributed by atoms with Gasteiger partial charge in [0.2, 0.25) is 11.7 Å². The third-order valence-electron chi connectivity index (χ3n) is 2.15. The highest BCUT2D eigenvalue weighted by molar-refractivity contribution is 6.03. The van der Waals surface area contributed by atoms with Gasteiger partial charge in [0.05, 0.1) is 4.92 Å². The van der Waals surface area contributed by atoms with E-state index in [1.54, 1.807) is 0 Å². The lowest BCUT2D eigenvalue weighted by Gasteiger charge is -2.01.